The number of aliphatic hydroxyl groups is 1. The Morgan fingerprint density at radius 3 is 0.926 bits per heavy atom. The molecule has 4 aliphatic heterocycles. The van der Waals surface area contributed by atoms with E-state index >= 15 is 0 Å². The van der Waals surface area contributed by atoms with Crippen molar-refractivity contribution in [3.05, 3.63) is 272 Å². The standard InChI is InChI=1S/C23H27NO3.C23H25NO3.C23H23NO3.C22H25NO4/c1-13(2)27-20-11-18(9-8-14(20)3)22-17(6)23(25)24(22)19-10-15(4)16(5)21(12-19)26-7;2*1-7-10-27-20-12-18(9-8-14(20)2)22-17(5)23(25)24(22)19-11-15(3)16(4)21(13-19)26-6;1-13-6-7-17(11-19(13)27-9-8-24)21-16(4)22(25)23(21)18-10-14(2)15(3)20(12-18)26-5/h8-13,22H,6H2,1-5,7H3;7-9,11-13,22H,1,5,10H2,2-4,6H3;1,8-9,11-13,22H,5,10H2,2-4,6H3;6-7,10-12,21,24H,4,8-9H2,1-3,5H3/t3*22-;21-/m1111/s1. The highest BCUT2D eigenvalue weighted by atomic mass is 16.5. The van der Waals surface area contributed by atoms with Crippen molar-refractivity contribution in [3.63, 3.8) is 0 Å². The molecule has 4 amide bonds. The van der Waals surface area contributed by atoms with Gasteiger partial charge in [0, 0.05) is 69.3 Å². The molecule has 4 atom stereocenters. The third-order valence-electron chi connectivity index (χ3n) is 20.2. The number of rotatable bonds is 22. The molecular weight excluding hydrogens is 1360 g/mol. The van der Waals surface area contributed by atoms with Gasteiger partial charge in [0.25, 0.3) is 23.6 Å². The van der Waals surface area contributed by atoms with E-state index in [-0.39, 0.29) is 73.7 Å². The molecule has 12 rings (SSSR count). The van der Waals surface area contributed by atoms with Crippen LogP contribution in [0, 0.1) is 95.4 Å². The normalized spacial score (nSPS) is 16.2. The highest BCUT2D eigenvalue weighted by Crippen LogP contribution is 2.50. The Hall–Kier alpha value is -11.7. The predicted octanol–water partition coefficient (Wildman–Crippen LogP) is 17.8. The van der Waals surface area contributed by atoms with E-state index in [1.807, 2.05) is 218 Å². The molecule has 4 saturated heterocycles. The monoisotopic (exact) mass is 1460 g/mol. The van der Waals surface area contributed by atoms with E-state index in [1.165, 1.54) is 0 Å². The van der Waals surface area contributed by atoms with Gasteiger partial charge in [-0.1, -0.05) is 93.4 Å². The van der Waals surface area contributed by atoms with Gasteiger partial charge in [-0.15, -0.1) is 6.42 Å². The van der Waals surface area contributed by atoms with Crippen LogP contribution in [0.3, 0.4) is 0 Å². The molecule has 0 bridgehead atoms. The van der Waals surface area contributed by atoms with Crippen LogP contribution < -0.4 is 57.5 Å². The second-order valence-corrected chi connectivity index (χ2v) is 27.7. The van der Waals surface area contributed by atoms with E-state index in [9.17, 15) is 19.2 Å². The first-order valence-corrected chi connectivity index (χ1v) is 35.7. The lowest BCUT2D eigenvalue weighted by Crippen LogP contribution is -2.48. The van der Waals surface area contributed by atoms with E-state index in [2.05, 4.69) is 38.8 Å². The summed E-state index contributed by atoms with van der Waals surface area (Å²) in [5.74, 6) is 8.28. The van der Waals surface area contributed by atoms with Crippen molar-refractivity contribution in [3.8, 4) is 58.3 Å². The first kappa shape index (κ1) is 80.4. The largest absolute Gasteiger partial charge is 0.496 e. The van der Waals surface area contributed by atoms with Crippen molar-refractivity contribution in [2.24, 2.45) is 0 Å². The Bertz CT molecular complexity index is 4940. The van der Waals surface area contributed by atoms with E-state index < -0.39 is 0 Å². The fraction of sp³-hybridized carbons (Fsp3) is 0.297. The van der Waals surface area contributed by atoms with Gasteiger partial charge in [0.05, 0.1) is 65.3 Å². The molecule has 8 aromatic carbocycles. The Morgan fingerprint density at radius 2 is 0.667 bits per heavy atom. The maximum Gasteiger partial charge on any atom is 0.256 e. The average Bonchev–Trinajstić information content (AvgIpc) is 0.758. The molecular formula is C91H100N4O13. The van der Waals surface area contributed by atoms with Crippen molar-refractivity contribution in [2.45, 2.75) is 127 Å². The number of terminal acetylenes is 1. The maximum atomic E-state index is 12.6. The lowest BCUT2D eigenvalue weighted by atomic mass is 9.87. The van der Waals surface area contributed by atoms with Gasteiger partial charge >= 0.3 is 0 Å². The molecule has 0 spiro atoms. The van der Waals surface area contributed by atoms with Crippen LogP contribution in [0.4, 0.5) is 22.7 Å². The molecule has 4 aliphatic rings. The van der Waals surface area contributed by atoms with Gasteiger partial charge in [0.2, 0.25) is 0 Å². The molecule has 17 nitrogen and oxygen atoms in total. The number of nitrogens with zero attached hydrogens (tertiary/aromatic N) is 4. The van der Waals surface area contributed by atoms with Crippen LogP contribution in [0.2, 0.25) is 0 Å². The third kappa shape index (κ3) is 16.3. The molecule has 4 fully saturated rings. The molecule has 0 saturated carbocycles. The first-order valence-electron chi connectivity index (χ1n) is 35.7. The van der Waals surface area contributed by atoms with E-state index in [0.29, 0.717) is 34.6 Å². The minimum atomic E-state index is -0.249. The summed E-state index contributed by atoms with van der Waals surface area (Å²) in [7, 11) is 6.55. The quantitative estimate of drug-likeness (QED) is 0.0294. The first-order chi connectivity index (χ1) is 51.4. The number of methoxy groups -OCH3 is 4. The summed E-state index contributed by atoms with van der Waals surface area (Å²) in [6.07, 6.45) is 7.10. The van der Waals surface area contributed by atoms with Crippen LogP contribution >= 0.6 is 0 Å². The van der Waals surface area contributed by atoms with E-state index in [0.717, 1.165) is 152 Å². The fourth-order valence-electron chi connectivity index (χ4n) is 13.4. The minimum Gasteiger partial charge on any atom is -0.496 e. The zero-order valence-corrected chi connectivity index (χ0v) is 65.6. The summed E-state index contributed by atoms with van der Waals surface area (Å²) >= 11 is 0. The van der Waals surface area contributed by atoms with Crippen LogP contribution in [0.15, 0.2) is 183 Å². The van der Waals surface area contributed by atoms with Crippen molar-refractivity contribution in [1.82, 2.24) is 0 Å². The number of amides is 4. The second kappa shape index (κ2) is 34.2. The Labute approximate surface area is 636 Å². The summed E-state index contributed by atoms with van der Waals surface area (Å²) in [5.41, 5.74) is 21.9. The molecule has 1 N–H and O–H groups in total. The number of carbonyl (C=O) groups is 4. The Balaban J connectivity index is 0.000000166. The highest BCUT2D eigenvalue weighted by Gasteiger charge is 2.47. The number of β-lactam (4-membered cyclic amide) rings is 4. The zero-order valence-electron chi connectivity index (χ0n) is 65.6. The average molecular weight is 1460 g/mol. The molecule has 17 heteroatoms. The molecule has 108 heavy (non-hydrogen) atoms. The number of hydrogen-bond donors (Lipinski definition) is 1. The highest BCUT2D eigenvalue weighted by molar-refractivity contribution is 6.17. The summed E-state index contributed by atoms with van der Waals surface area (Å²) in [6, 6.07) is 38.6. The fourth-order valence-corrected chi connectivity index (χ4v) is 13.4. The molecule has 4 heterocycles. The number of aliphatic hydroxyl groups excluding tert-OH is 1. The van der Waals surface area contributed by atoms with Crippen LogP contribution in [0.25, 0.3) is 0 Å². The number of hydrogen-bond acceptors (Lipinski definition) is 13. The summed E-state index contributed by atoms with van der Waals surface area (Å²) in [4.78, 5) is 57.4. The van der Waals surface area contributed by atoms with Crippen molar-refractivity contribution < 1.29 is 62.2 Å². The smallest absolute Gasteiger partial charge is 0.256 e. The topological polar surface area (TPSA) is 175 Å². The van der Waals surface area contributed by atoms with Gasteiger partial charge in [-0.2, -0.15) is 0 Å². The Kier molecular flexibility index (Phi) is 25.5. The van der Waals surface area contributed by atoms with Crippen LogP contribution in [-0.4, -0.2) is 89.7 Å². The van der Waals surface area contributed by atoms with Gasteiger partial charge in [-0.25, -0.2) is 0 Å². The zero-order chi connectivity index (χ0) is 79.0. The van der Waals surface area contributed by atoms with Crippen LogP contribution in [0.5, 0.6) is 46.0 Å². The number of benzene rings is 8. The van der Waals surface area contributed by atoms with Gasteiger partial charge < -0.3 is 43.0 Å². The lowest BCUT2D eigenvalue weighted by molar-refractivity contribution is -0.119. The second-order valence-electron chi connectivity index (χ2n) is 27.7. The van der Waals surface area contributed by atoms with Gasteiger partial charge in [0.1, 0.15) is 65.8 Å². The maximum absolute atomic E-state index is 12.6. The molecule has 0 unspecified atom stereocenters. The number of aryl methyl sites for hydroxylation is 8. The summed E-state index contributed by atoms with van der Waals surface area (Å²) in [6.45, 7) is 48.5. The summed E-state index contributed by atoms with van der Waals surface area (Å²) < 4.78 is 44.8. The van der Waals surface area contributed by atoms with Crippen molar-refractivity contribution in [2.75, 3.05) is 74.5 Å². The van der Waals surface area contributed by atoms with Crippen molar-refractivity contribution >= 4 is 46.4 Å². The number of ether oxygens (including phenoxy) is 8. The van der Waals surface area contributed by atoms with Crippen LogP contribution in [-0.2, 0) is 19.2 Å². The SMILES string of the molecule is C#CCOc1cc([C@H]2C(=C)C(=O)N2c2cc(C)c(C)c(OC)c2)ccc1C.C=C1C(=O)N(c2cc(C)c(C)c(OC)c2)[C@H]1c1ccc(C)c(OC(C)C)c1.C=C1C(=O)N(c2cc(C)c(C)c(OC)c2)[C@H]1c1ccc(C)c(OCCO)c1.C=CCOc1cc([C@H]2C(=C)C(=O)N2c2cc(C)c(C)c(OC)c2)ccc1C. The van der Waals surface area contributed by atoms with Crippen LogP contribution in [0.1, 0.15) is 127 Å². The van der Waals surface area contributed by atoms with Crippen molar-refractivity contribution in [1.29, 1.82) is 0 Å². The number of anilines is 4. The van der Waals surface area contributed by atoms with E-state index in [4.69, 9.17) is 49.4 Å². The van der Waals surface area contributed by atoms with Gasteiger partial charge in [0.15, 0.2) is 0 Å². The molecule has 0 radical (unpaired) electrons. The number of carbonyl (C=O) groups excluding carboxylic acids is 4. The Morgan fingerprint density at radius 1 is 0.398 bits per heavy atom. The van der Waals surface area contributed by atoms with E-state index in [1.54, 1.807) is 54.1 Å². The third-order valence-corrected chi connectivity index (χ3v) is 20.2. The lowest BCUT2D eigenvalue weighted by Gasteiger charge is -2.43. The minimum absolute atomic E-state index is 0.0488. The van der Waals surface area contributed by atoms with Gasteiger partial charge in [-0.05, 0) is 234 Å². The molecule has 562 valence electrons. The molecule has 0 aliphatic carbocycles. The van der Waals surface area contributed by atoms with Gasteiger partial charge in [-0.3, -0.25) is 38.8 Å². The molecule has 0 aromatic heterocycles. The summed E-state index contributed by atoms with van der Waals surface area (Å²) in [5, 5.41) is 9.02. The predicted molar refractivity (Wildman–Crippen MR) is 430 cm³/mol. The molecule has 8 aromatic rings.